The molecule has 1 aromatic heterocycles. The summed E-state index contributed by atoms with van der Waals surface area (Å²) < 4.78 is 7.22. The van der Waals surface area contributed by atoms with E-state index in [9.17, 15) is 4.79 Å². The second-order valence-corrected chi connectivity index (χ2v) is 4.94. The van der Waals surface area contributed by atoms with E-state index < -0.39 is 0 Å². The van der Waals surface area contributed by atoms with E-state index in [1.807, 2.05) is 60.8 Å². The lowest BCUT2D eigenvalue weighted by Gasteiger charge is -2.03. The van der Waals surface area contributed by atoms with Crippen molar-refractivity contribution in [3.63, 3.8) is 0 Å². The normalized spacial score (nSPS) is 10.9. The molecule has 3 rings (SSSR count). The summed E-state index contributed by atoms with van der Waals surface area (Å²) in [6.45, 7) is 1.36. The van der Waals surface area contributed by atoms with Crippen molar-refractivity contribution in [1.29, 1.82) is 0 Å². The molecule has 0 saturated heterocycles. The van der Waals surface area contributed by atoms with Gasteiger partial charge in [-0.2, -0.15) is 0 Å². The Bertz CT molecular complexity index is 759. The zero-order chi connectivity index (χ0) is 14.7. The van der Waals surface area contributed by atoms with Gasteiger partial charge in [-0.3, -0.25) is 4.79 Å². The van der Waals surface area contributed by atoms with Gasteiger partial charge in [-0.1, -0.05) is 48.5 Å². The number of ether oxygens (including phenoxy) is 1. The number of hydrogen-bond donors (Lipinski definition) is 0. The van der Waals surface area contributed by atoms with Crippen LogP contribution in [0, 0.1) is 0 Å². The van der Waals surface area contributed by atoms with Gasteiger partial charge in [0.15, 0.2) is 5.78 Å². The topological polar surface area (TPSA) is 31.2 Å². The first-order chi connectivity index (χ1) is 10.3. The van der Waals surface area contributed by atoms with Crippen LogP contribution in [0.2, 0.25) is 0 Å². The molecule has 2 aromatic carbocycles. The third kappa shape index (κ3) is 2.60. The van der Waals surface area contributed by atoms with Crippen LogP contribution in [0.15, 0.2) is 60.8 Å². The average molecular weight is 279 g/mol. The van der Waals surface area contributed by atoms with E-state index in [2.05, 4.69) is 4.57 Å². The number of benzene rings is 2. The van der Waals surface area contributed by atoms with Crippen LogP contribution in [0.4, 0.5) is 0 Å². The molecule has 0 saturated carbocycles. The quantitative estimate of drug-likeness (QED) is 0.669. The molecule has 3 aromatic rings. The van der Waals surface area contributed by atoms with E-state index in [0.29, 0.717) is 12.2 Å². The Labute approximate surface area is 123 Å². The number of methoxy groups -OCH3 is 1. The maximum Gasteiger partial charge on any atom is 0.195 e. The lowest BCUT2D eigenvalue weighted by atomic mass is 10.0. The summed E-state index contributed by atoms with van der Waals surface area (Å²) >= 11 is 0. The van der Waals surface area contributed by atoms with Gasteiger partial charge in [0.25, 0.3) is 0 Å². The molecule has 3 heteroatoms. The number of aromatic nitrogens is 1. The van der Waals surface area contributed by atoms with E-state index in [0.717, 1.165) is 23.0 Å². The molecule has 106 valence electrons. The zero-order valence-electron chi connectivity index (χ0n) is 12.0. The maximum atomic E-state index is 12.7. The molecule has 0 unspecified atom stereocenters. The summed E-state index contributed by atoms with van der Waals surface area (Å²) in [6, 6.07) is 17.4. The molecule has 0 aliphatic heterocycles. The maximum absolute atomic E-state index is 12.7. The van der Waals surface area contributed by atoms with Crippen molar-refractivity contribution in [2.24, 2.45) is 0 Å². The molecule has 0 radical (unpaired) electrons. The minimum absolute atomic E-state index is 0.0583. The van der Waals surface area contributed by atoms with Crippen LogP contribution in [0.25, 0.3) is 10.9 Å². The minimum Gasteiger partial charge on any atom is -0.383 e. The third-order valence-electron chi connectivity index (χ3n) is 3.61. The first kappa shape index (κ1) is 13.6. The number of carbonyl (C=O) groups is 1. The van der Waals surface area contributed by atoms with Crippen molar-refractivity contribution in [3.8, 4) is 0 Å². The van der Waals surface area contributed by atoms with Crippen LogP contribution in [-0.4, -0.2) is 24.1 Å². The van der Waals surface area contributed by atoms with Crippen molar-refractivity contribution in [1.82, 2.24) is 4.57 Å². The molecule has 0 aliphatic carbocycles. The van der Waals surface area contributed by atoms with E-state index >= 15 is 0 Å². The van der Waals surface area contributed by atoms with E-state index in [1.165, 1.54) is 0 Å². The van der Waals surface area contributed by atoms with Crippen LogP contribution in [0.1, 0.15) is 15.9 Å². The van der Waals surface area contributed by atoms with Gasteiger partial charge in [-0.15, -0.1) is 0 Å². The summed E-state index contributed by atoms with van der Waals surface area (Å²) in [4.78, 5) is 12.7. The number of ketones is 1. The van der Waals surface area contributed by atoms with Gasteiger partial charge in [0.05, 0.1) is 6.61 Å². The number of fused-ring (bicyclic) bond motifs is 1. The monoisotopic (exact) mass is 279 g/mol. The van der Waals surface area contributed by atoms with Crippen LogP contribution in [-0.2, 0) is 11.3 Å². The number of para-hydroxylation sites is 1. The zero-order valence-corrected chi connectivity index (χ0v) is 12.0. The Kier molecular flexibility index (Phi) is 3.84. The minimum atomic E-state index is 0.0583. The van der Waals surface area contributed by atoms with Gasteiger partial charge in [0.1, 0.15) is 0 Å². The molecule has 3 nitrogen and oxygen atoms in total. The van der Waals surface area contributed by atoms with Crippen molar-refractivity contribution in [2.45, 2.75) is 6.54 Å². The van der Waals surface area contributed by atoms with E-state index in [1.54, 1.807) is 7.11 Å². The van der Waals surface area contributed by atoms with Crippen molar-refractivity contribution in [3.05, 3.63) is 71.9 Å². The molecule has 0 spiro atoms. The van der Waals surface area contributed by atoms with Crippen molar-refractivity contribution < 1.29 is 9.53 Å². The highest BCUT2D eigenvalue weighted by Gasteiger charge is 2.16. The van der Waals surface area contributed by atoms with Gasteiger partial charge in [0, 0.05) is 41.9 Å². The third-order valence-corrected chi connectivity index (χ3v) is 3.61. The second-order valence-electron chi connectivity index (χ2n) is 4.94. The standard InChI is InChI=1S/C18H17NO2/c1-21-12-11-19-13-16(15-9-5-6-10-17(15)19)18(20)14-7-3-2-4-8-14/h2-10,13H,11-12H2,1H3. The smallest absolute Gasteiger partial charge is 0.195 e. The van der Waals surface area contributed by atoms with Crippen LogP contribution in [0.3, 0.4) is 0 Å². The summed E-state index contributed by atoms with van der Waals surface area (Å²) in [6.07, 6.45) is 1.93. The summed E-state index contributed by atoms with van der Waals surface area (Å²) in [5, 5.41) is 0.988. The molecule has 0 aliphatic rings. The lowest BCUT2D eigenvalue weighted by Crippen LogP contribution is -2.03. The molecule has 0 fully saturated rings. The van der Waals surface area contributed by atoms with Gasteiger partial charge in [0.2, 0.25) is 0 Å². The Hall–Kier alpha value is -2.39. The molecule has 1 heterocycles. The number of nitrogens with zero attached hydrogens (tertiary/aromatic N) is 1. The van der Waals surface area contributed by atoms with Gasteiger partial charge in [-0.25, -0.2) is 0 Å². The fraction of sp³-hybridized carbons (Fsp3) is 0.167. The average Bonchev–Trinajstić information content (AvgIpc) is 2.92. The Morgan fingerprint density at radius 3 is 2.52 bits per heavy atom. The van der Waals surface area contributed by atoms with Crippen molar-refractivity contribution in [2.75, 3.05) is 13.7 Å². The van der Waals surface area contributed by atoms with Crippen LogP contribution in [0.5, 0.6) is 0 Å². The predicted octanol–water partition coefficient (Wildman–Crippen LogP) is 3.52. The first-order valence-corrected chi connectivity index (χ1v) is 6.98. The molecule has 0 N–H and O–H groups in total. The lowest BCUT2D eigenvalue weighted by molar-refractivity contribution is 0.104. The number of rotatable bonds is 5. The molecular formula is C18H17NO2. The van der Waals surface area contributed by atoms with E-state index in [4.69, 9.17) is 4.74 Å². The number of hydrogen-bond acceptors (Lipinski definition) is 2. The molecule has 0 atom stereocenters. The fourth-order valence-electron chi connectivity index (χ4n) is 2.55. The Morgan fingerprint density at radius 1 is 1.05 bits per heavy atom. The van der Waals surface area contributed by atoms with Gasteiger partial charge in [-0.05, 0) is 6.07 Å². The highest BCUT2D eigenvalue weighted by molar-refractivity contribution is 6.16. The first-order valence-electron chi connectivity index (χ1n) is 6.98. The molecule has 0 bridgehead atoms. The number of carbonyl (C=O) groups excluding carboxylic acids is 1. The highest BCUT2D eigenvalue weighted by atomic mass is 16.5. The molecule has 0 amide bonds. The van der Waals surface area contributed by atoms with Crippen LogP contribution >= 0.6 is 0 Å². The van der Waals surface area contributed by atoms with E-state index in [-0.39, 0.29) is 5.78 Å². The predicted molar refractivity (Wildman–Crippen MR) is 83.7 cm³/mol. The van der Waals surface area contributed by atoms with Crippen molar-refractivity contribution >= 4 is 16.7 Å². The summed E-state index contributed by atoms with van der Waals surface area (Å²) in [5.41, 5.74) is 2.52. The summed E-state index contributed by atoms with van der Waals surface area (Å²) in [5.74, 6) is 0.0583. The highest BCUT2D eigenvalue weighted by Crippen LogP contribution is 2.23. The molecular weight excluding hydrogens is 262 g/mol. The van der Waals surface area contributed by atoms with Gasteiger partial charge >= 0.3 is 0 Å². The largest absolute Gasteiger partial charge is 0.383 e. The van der Waals surface area contributed by atoms with Gasteiger partial charge < -0.3 is 9.30 Å². The SMILES string of the molecule is COCCn1cc(C(=O)c2ccccc2)c2ccccc21. The Morgan fingerprint density at radius 2 is 1.76 bits per heavy atom. The second kappa shape index (κ2) is 5.94. The fourth-order valence-corrected chi connectivity index (χ4v) is 2.55. The van der Waals surface area contributed by atoms with Crippen LogP contribution < -0.4 is 0 Å². The molecule has 21 heavy (non-hydrogen) atoms. The summed E-state index contributed by atoms with van der Waals surface area (Å²) in [7, 11) is 1.68. The Balaban J connectivity index is 2.08.